The molecule has 21 heavy (non-hydrogen) atoms. The minimum atomic E-state index is -0.618. The maximum atomic E-state index is 13.9. The Morgan fingerprint density at radius 1 is 1.10 bits per heavy atom. The zero-order valence-electron chi connectivity index (χ0n) is 11.7. The predicted octanol–water partition coefficient (Wildman–Crippen LogP) is 3.78. The molecule has 0 saturated carbocycles. The van der Waals surface area contributed by atoms with Gasteiger partial charge in [0.25, 0.3) is 0 Å². The van der Waals surface area contributed by atoms with Gasteiger partial charge in [-0.05, 0) is 37.6 Å². The fraction of sp³-hybridized carbons (Fsp3) is 0.312. The van der Waals surface area contributed by atoms with Crippen LogP contribution < -0.4 is 5.32 Å². The first kappa shape index (κ1) is 15.5. The van der Waals surface area contributed by atoms with Gasteiger partial charge in [-0.1, -0.05) is 13.0 Å². The Labute approximate surface area is 122 Å². The standard InChI is InChI=1S/C16H17F3N2/c1-2-7-21-16(11-6-8-20-10-15(11)19)9-12-13(17)4-3-5-14(12)18/h3-6,8,10,16,21H,2,7,9H2,1H3. The molecule has 5 heteroatoms. The van der Waals surface area contributed by atoms with Crippen molar-refractivity contribution in [3.63, 3.8) is 0 Å². The third-order valence-electron chi connectivity index (χ3n) is 3.29. The molecule has 1 aromatic carbocycles. The Kier molecular flexibility index (Phi) is 5.33. The van der Waals surface area contributed by atoms with Gasteiger partial charge in [-0.25, -0.2) is 13.2 Å². The van der Waals surface area contributed by atoms with Crippen molar-refractivity contribution in [1.82, 2.24) is 10.3 Å². The monoisotopic (exact) mass is 294 g/mol. The molecule has 112 valence electrons. The second-order valence-electron chi connectivity index (χ2n) is 4.81. The van der Waals surface area contributed by atoms with E-state index >= 15 is 0 Å². The van der Waals surface area contributed by atoms with Crippen molar-refractivity contribution in [1.29, 1.82) is 0 Å². The lowest BCUT2D eigenvalue weighted by Gasteiger charge is -2.20. The van der Waals surface area contributed by atoms with E-state index in [-0.39, 0.29) is 12.0 Å². The largest absolute Gasteiger partial charge is 0.310 e. The molecule has 0 fully saturated rings. The number of hydrogen-bond donors (Lipinski definition) is 1. The summed E-state index contributed by atoms with van der Waals surface area (Å²) in [5.41, 5.74) is 0.323. The van der Waals surface area contributed by atoms with Crippen LogP contribution >= 0.6 is 0 Å². The van der Waals surface area contributed by atoms with Gasteiger partial charge in [-0.3, -0.25) is 4.98 Å². The molecule has 1 N–H and O–H groups in total. The minimum Gasteiger partial charge on any atom is -0.310 e. The van der Waals surface area contributed by atoms with Crippen molar-refractivity contribution in [3.8, 4) is 0 Å². The van der Waals surface area contributed by atoms with Crippen molar-refractivity contribution in [2.75, 3.05) is 6.54 Å². The molecule has 0 radical (unpaired) electrons. The Bertz CT molecular complexity index is 582. The highest BCUT2D eigenvalue weighted by Crippen LogP contribution is 2.23. The van der Waals surface area contributed by atoms with Gasteiger partial charge < -0.3 is 5.32 Å². The van der Waals surface area contributed by atoms with Gasteiger partial charge in [0.05, 0.1) is 6.20 Å². The molecule has 0 saturated heterocycles. The van der Waals surface area contributed by atoms with Crippen LogP contribution in [0.2, 0.25) is 0 Å². The highest BCUT2D eigenvalue weighted by molar-refractivity contribution is 5.25. The number of pyridine rings is 1. The Hall–Kier alpha value is -1.88. The van der Waals surface area contributed by atoms with Crippen LogP contribution in [-0.2, 0) is 6.42 Å². The summed E-state index contributed by atoms with van der Waals surface area (Å²) in [6, 6.07) is 4.76. The highest BCUT2D eigenvalue weighted by atomic mass is 19.1. The van der Waals surface area contributed by atoms with Gasteiger partial charge >= 0.3 is 0 Å². The first-order valence-electron chi connectivity index (χ1n) is 6.89. The second-order valence-corrected chi connectivity index (χ2v) is 4.81. The first-order chi connectivity index (χ1) is 10.1. The van der Waals surface area contributed by atoms with E-state index in [1.165, 1.54) is 30.5 Å². The Morgan fingerprint density at radius 2 is 1.81 bits per heavy atom. The minimum absolute atomic E-state index is 0.0395. The maximum absolute atomic E-state index is 13.9. The average molecular weight is 294 g/mol. The summed E-state index contributed by atoms with van der Waals surface area (Å²) < 4.78 is 41.4. The molecule has 2 rings (SSSR count). The number of benzene rings is 1. The molecule has 2 nitrogen and oxygen atoms in total. The predicted molar refractivity (Wildman–Crippen MR) is 75.3 cm³/mol. The number of nitrogens with zero attached hydrogens (tertiary/aromatic N) is 1. The molecular weight excluding hydrogens is 277 g/mol. The number of halogens is 3. The van der Waals surface area contributed by atoms with E-state index in [4.69, 9.17) is 0 Å². The molecule has 0 bridgehead atoms. The summed E-state index contributed by atoms with van der Waals surface area (Å²) in [7, 11) is 0. The summed E-state index contributed by atoms with van der Waals surface area (Å²) in [5, 5.41) is 3.13. The molecule has 2 aromatic rings. The van der Waals surface area contributed by atoms with Crippen molar-refractivity contribution in [3.05, 3.63) is 65.2 Å². The van der Waals surface area contributed by atoms with Crippen LogP contribution in [0.25, 0.3) is 0 Å². The molecule has 0 amide bonds. The van der Waals surface area contributed by atoms with E-state index in [0.717, 1.165) is 12.6 Å². The number of aromatic nitrogens is 1. The summed E-state index contributed by atoms with van der Waals surface area (Å²) in [5.74, 6) is -1.72. The second kappa shape index (κ2) is 7.22. The van der Waals surface area contributed by atoms with Gasteiger partial charge in [0.1, 0.15) is 17.5 Å². The van der Waals surface area contributed by atoms with Crippen LogP contribution in [0.5, 0.6) is 0 Å². The molecular formula is C16H17F3N2. The van der Waals surface area contributed by atoms with Crippen molar-refractivity contribution < 1.29 is 13.2 Å². The molecule has 0 aliphatic carbocycles. The first-order valence-corrected chi connectivity index (χ1v) is 6.89. The Morgan fingerprint density at radius 3 is 2.43 bits per heavy atom. The van der Waals surface area contributed by atoms with E-state index in [0.29, 0.717) is 12.1 Å². The third kappa shape index (κ3) is 3.82. The van der Waals surface area contributed by atoms with Crippen LogP contribution in [-0.4, -0.2) is 11.5 Å². The van der Waals surface area contributed by atoms with Crippen LogP contribution in [0.3, 0.4) is 0 Å². The van der Waals surface area contributed by atoms with Gasteiger partial charge in [-0.2, -0.15) is 0 Å². The average Bonchev–Trinajstić information content (AvgIpc) is 2.47. The fourth-order valence-corrected chi connectivity index (χ4v) is 2.21. The van der Waals surface area contributed by atoms with Gasteiger partial charge in [0.2, 0.25) is 0 Å². The van der Waals surface area contributed by atoms with Crippen LogP contribution in [0.15, 0.2) is 36.7 Å². The van der Waals surface area contributed by atoms with Crippen molar-refractivity contribution >= 4 is 0 Å². The smallest absolute Gasteiger partial charge is 0.146 e. The summed E-state index contributed by atoms with van der Waals surface area (Å²) in [6.45, 7) is 2.60. The molecule has 1 heterocycles. The summed E-state index contributed by atoms with van der Waals surface area (Å²) >= 11 is 0. The normalized spacial score (nSPS) is 12.4. The van der Waals surface area contributed by atoms with Crippen molar-refractivity contribution in [2.24, 2.45) is 0 Å². The third-order valence-corrected chi connectivity index (χ3v) is 3.29. The summed E-state index contributed by atoms with van der Waals surface area (Å²) in [4.78, 5) is 3.70. The summed E-state index contributed by atoms with van der Waals surface area (Å²) in [6.07, 6.45) is 3.45. The van der Waals surface area contributed by atoms with Gasteiger partial charge in [0, 0.05) is 23.4 Å². The van der Waals surface area contributed by atoms with Gasteiger partial charge in [-0.15, -0.1) is 0 Å². The van der Waals surface area contributed by atoms with Crippen LogP contribution in [0.4, 0.5) is 13.2 Å². The lowest BCUT2D eigenvalue weighted by atomic mass is 9.98. The van der Waals surface area contributed by atoms with E-state index in [2.05, 4.69) is 10.3 Å². The number of nitrogens with one attached hydrogen (secondary N) is 1. The lowest BCUT2D eigenvalue weighted by Crippen LogP contribution is -2.25. The van der Waals surface area contributed by atoms with Crippen LogP contribution in [0.1, 0.15) is 30.5 Å². The van der Waals surface area contributed by atoms with E-state index < -0.39 is 23.5 Å². The van der Waals surface area contributed by atoms with Gasteiger partial charge in [0.15, 0.2) is 0 Å². The zero-order valence-corrected chi connectivity index (χ0v) is 11.7. The molecule has 1 atom stereocenters. The Balaban J connectivity index is 2.31. The highest BCUT2D eigenvalue weighted by Gasteiger charge is 2.19. The van der Waals surface area contributed by atoms with E-state index in [1.54, 1.807) is 0 Å². The van der Waals surface area contributed by atoms with E-state index in [9.17, 15) is 13.2 Å². The molecule has 0 aliphatic heterocycles. The molecule has 1 aromatic heterocycles. The molecule has 1 unspecified atom stereocenters. The number of hydrogen-bond acceptors (Lipinski definition) is 2. The molecule has 0 spiro atoms. The lowest BCUT2D eigenvalue weighted by molar-refractivity contribution is 0.470. The molecule has 0 aliphatic rings. The zero-order chi connectivity index (χ0) is 15.2. The topological polar surface area (TPSA) is 24.9 Å². The quantitative estimate of drug-likeness (QED) is 0.877. The van der Waals surface area contributed by atoms with Crippen LogP contribution in [0, 0.1) is 17.5 Å². The number of rotatable bonds is 6. The van der Waals surface area contributed by atoms with E-state index in [1.807, 2.05) is 6.92 Å². The maximum Gasteiger partial charge on any atom is 0.146 e. The fourth-order valence-electron chi connectivity index (χ4n) is 2.21. The SMILES string of the molecule is CCCNC(Cc1c(F)cccc1F)c1ccncc1F. The van der Waals surface area contributed by atoms with Crippen molar-refractivity contribution in [2.45, 2.75) is 25.8 Å².